The zero-order valence-electron chi connectivity index (χ0n) is 12.5. The maximum absolute atomic E-state index is 12.2. The summed E-state index contributed by atoms with van der Waals surface area (Å²) in [4.78, 5) is 2.05. The molecule has 0 saturated heterocycles. The number of sulfonamides is 1. The number of nitrogens with zero attached hydrogens (tertiary/aromatic N) is 1. The van der Waals surface area contributed by atoms with Crippen molar-refractivity contribution in [2.45, 2.75) is 4.90 Å². The number of methoxy groups -OCH3 is 1. The second-order valence-electron chi connectivity index (χ2n) is 4.57. The lowest BCUT2D eigenvalue weighted by Gasteiger charge is -2.12. The van der Waals surface area contributed by atoms with E-state index in [9.17, 15) is 8.42 Å². The lowest BCUT2D eigenvalue weighted by Crippen LogP contribution is -2.31. The summed E-state index contributed by atoms with van der Waals surface area (Å²) < 4.78 is 32.1. The van der Waals surface area contributed by atoms with E-state index in [4.69, 9.17) is 10.5 Å². The smallest absolute Gasteiger partial charge is 0.240 e. The Morgan fingerprint density at radius 1 is 1.38 bits per heavy atom. The molecule has 0 saturated carbocycles. The topological polar surface area (TPSA) is 84.7 Å². The third-order valence-electron chi connectivity index (χ3n) is 2.66. The van der Waals surface area contributed by atoms with Crippen LogP contribution in [0.25, 0.3) is 0 Å². The number of likely N-dealkylation sites (N-methyl/N-ethyl adjacent to an activating group) is 1. The van der Waals surface area contributed by atoms with Crippen LogP contribution in [0.3, 0.4) is 0 Å². The first-order valence-electron chi connectivity index (χ1n) is 6.42. The van der Waals surface area contributed by atoms with Crippen molar-refractivity contribution in [1.29, 1.82) is 0 Å². The molecule has 0 radical (unpaired) electrons. The molecule has 0 fully saturated rings. The number of nitrogens with one attached hydrogen (secondary N) is 1. The minimum absolute atomic E-state index is 0.156. The predicted molar refractivity (Wildman–Crippen MR) is 82.7 cm³/mol. The predicted octanol–water partition coefficient (Wildman–Crippen LogP) is -0.155. The summed E-state index contributed by atoms with van der Waals surface area (Å²) in [5.74, 6) is 6.02. The molecule has 3 N–H and O–H groups in total. The fourth-order valence-electron chi connectivity index (χ4n) is 1.59. The molecule has 0 spiro atoms. The van der Waals surface area contributed by atoms with Crippen LogP contribution in [-0.4, -0.2) is 54.2 Å². The molecule has 0 bridgehead atoms. The molecule has 7 heteroatoms. The molecule has 0 amide bonds. The summed E-state index contributed by atoms with van der Waals surface area (Å²) in [6.07, 6.45) is 0. The molecule has 0 heterocycles. The minimum Gasteiger partial charge on any atom is -0.495 e. The number of nitrogens with two attached hydrogens (primary N) is 1. The second-order valence-corrected chi connectivity index (χ2v) is 6.34. The van der Waals surface area contributed by atoms with Crippen LogP contribution in [0.5, 0.6) is 5.75 Å². The summed E-state index contributed by atoms with van der Waals surface area (Å²) in [7, 11) is 1.70. The van der Waals surface area contributed by atoms with Gasteiger partial charge in [-0.15, -0.1) is 0 Å². The van der Waals surface area contributed by atoms with Gasteiger partial charge in [0.05, 0.1) is 24.1 Å². The van der Waals surface area contributed by atoms with Gasteiger partial charge in [0.15, 0.2) is 0 Å². The Kier molecular flexibility index (Phi) is 6.65. The highest BCUT2D eigenvalue weighted by atomic mass is 32.2. The molecule has 0 unspecified atom stereocenters. The number of ether oxygens (including phenoxy) is 1. The summed E-state index contributed by atoms with van der Waals surface area (Å²) in [5.41, 5.74) is 5.83. The Labute approximate surface area is 126 Å². The Morgan fingerprint density at radius 2 is 2.10 bits per heavy atom. The maximum Gasteiger partial charge on any atom is 0.240 e. The first-order valence-corrected chi connectivity index (χ1v) is 7.90. The molecule has 0 aromatic heterocycles. The van der Waals surface area contributed by atoms with E-state index in [1.165, 1.54) is 19.2 Å². The Bertz CT molecular complexity index is 631. The average molecular weight is 311 g/mol. The molecule has 21 heavy (non-hydrogen) atoms. The Balaban J connectivity index is 3.02. The highest BCUT2D eigenvalue weighted by Gasteiger charge is 2.15. The van der Waals surface area contributed by atoms with Crippen LogP contribution < -0.4 is 15.2 Å². The van der Waals surface area contributed by atoms with Crippen LogP contribution in [0.1, 0.15) is 5.56 Å². The van der Waals surface area contributed by atoms with Gasteiger partial charge in [-0.05, 0) is 32.3 Å². The van der Waals surface area contributed by atoms with Crippen LogP contribution in [0.4, 0.5) is 0 Å². The summed E-state index contributed by atoms with van der Waals surface area (Å²) in [6.45, 7) is 1.15. The molecule has 0 atom stereocenters. The maximum atomic E-state index is 12.2. The first kappa shape index (κ1) is 17.5. The fourth-order valence-corrected chi connectivity index (χ4v) is 2.63. The monoisotopic (exact) mass is 311 g/mol. The highest BCUT2D eigenvalue weighted by molar-refractivity contribution is 7.89. The van der Waals surface area contributed by atoms with Crippen molar-refractivity contribution in [3.63, 3.8) is 0 Å². The lowest BCUT2D eigenvalue weighted by atomic mass is 10.2. The number of benzene rings is 1. The van der Waals surface area contributed by atoms with Gasteiger partial charge in [-0.1, -0.05) is 11.8 Å². The quantitative estimate of drug-likeness (QED) is 0.714. The molecule has 0 aliphatic heterocycles. The van der Waals surface area contributed by atoms with Gasteiger partial charge >= 0.3 is 0 Å². The zero-order chi connectivity index (χ0) is 15.9. The van der Waals surface area contributed by atoms with Crippen LogP contribution in [-0.2, 0) is 10.0 Å². The van der Waals surface area contributed by atoms with Gasteiger partial charge in [-0.25, -0.2) is 13.1 Å². The van der Waals surface area contributed by atoms with Gasteiger partial charge < -0.3 is 15.4 Å². The number of rotatable bonds is 6. The highest BCUT2D eigenvalue weighted by Crippen LogP contribution is 2.21. The van der Waals surface area contributed by atoms with Crippen LogP contribution in [0.15, 0.2) is 23.1 Å². The van der Waals surface area contributed by atoms with Crippen molar-refractivity contribution in [1.82, 2.24) is 9.62 Å². The normalized spacial score (nSPS) is 11.1. The zero-order valence-corrected chi connectivity index (χ0v) is 13.3. The number of hydrogen-bond donors (Lipinski definition) is 2. The van der Waals surface area contributed by atoms with Crippen LogP contribution in [0, 0.1) is 11.8 Å². The second kappa shape index (κ2) is 8.00. The lowest BCUT2D eigenvalue weighted by molar-refractivity contribution is 0.412. The van der Waals surface area contributed by atoms with Gasteiger partial charge in [-0.2, -0.15) is 0 Å². The molecule has 6 nitrogen and oxygen atoms in total. The van der Waals surface area contributed by atoms with E-state index in [1.54, 1.807) is 6.07 Å². The number of hydrogen-bond acceptors (Lipinski definition) is 5. The standard InChI is InChI=1S/C14H21N3O3S/c1-17(2)10-9-16-21(18,19)13-6-7-14(20-3)12(11-13)5-4-8-15/h6-7,11,16H,8-10,15H2,1-3H3. The van der Waals surface area contributed by atoms with E-state index in [0.717, 1.165) is 0 Å². The van der Waals surface area contributed by atoms with Crippen molar-refractivity contribution in [2.24, 2.45) is 5.73 Å². The van der Waals surface area contributed by atoms with E-state index in [-0.39, 0.29) is 11.4 Å². The van der Waals surface area contributed by atoms with Crippen LogP contribution in [0.2, 0.25) is 0 Å². The molecular weight excluding hydrogens is 290 g/mol. The van der Waals surface area contributed by atoms with Crippen molar-refractivity contribution in [3.05, 3.63) is 23.8 Å². The average Bonchev–Trinajstić information content (AvgIpc) is 2.44. The molecule has 1 aromatic rings. The molecule has 1 aromatic carbocycles. The van der Waals surface area contributed by atoms with Gasteiger partial charge in [0.1, 0.15) is 5.75 Å². The third-order valence-corrected chi connectivity index (χ3v) is 4.12. The Hall–Kier alpha value is -1.59. The van der Waals surface area contributed by atoms with Crippen LogP contribution >= 0.6 is 0 Å². The largest absolute Gasteiger partial charge is 0.495 e. The molecule has 0 aliphatic carbocycles. The van der Waals surface area contributed by atoms with Crippen molar-refractivity contribution < 1.29 is 13.2 Å². The van der Waals surface area contributed by atoms with Crippen molar-refractivity contribution in [2.75, 3.05) is 40.8 Å². The minimum atomic E-state index is -3.56. The van der Waals surface area contributed by atoms with E-state index >= 15 is 0 Å². The summed E-state index contributed by atoms with van der Waals surface area (Å²) in [6, 6.07) is 4.56. The van der Waals surface area contributed by atoms with Gasteiger partial charge in [0.25, 0.3) is 0 Å². The molecular formula is C14H21N3O3S. The summed E-state index contributed by atoms with van der Waals surface area (Å²) in [5, 5.41) is 0. The SMILES string of the molecule is COc1ccc(S(=O)(=O)NCCN(C)C)cc1C#CCN. The Morgan fingerprint density at radius 3 is 2.67 bits per heavy atom. The molecule has 1 rings (SSSR count). The van der Waals surface area contributed by atoms with Crippen molar-refractivity contribution >= 4 is 10.0 Å². The van der Waals surface area contributed by atoms with Crippen molar-refractivity contribution in [3.8, 4) is 17.6 Å². The van der Waals surface area contributed by atoms with E-state index in [0.29, 0.717) is 24.4 Å². The van der Waals surface area contributed by atoms with E-state index in [2.05, 4.69) is 16.6 Å². The third kappa shape index (κ3) is 5.36. The first-order chi connectivity index (χ1) is 9.90. The van der Waals surface area contributed by atoms with Gasteiger partial charge in [-0.3, -0.25) is 0 Å². The van der Waals surface area contributed by atoms with Gasteiger partial charge in [0.2, 0.25) is 10.0 Å². The molecule has 0 aliphatic rings. The molecule has 116 valence electrons. The summed E-state index contributed by atoms with van der Waals surface area (Å²) >= 11 is 0. The van der Waals surface area contributed by atoms with E-state index in [1.807, 2.05) is 19.0 Å². The fraction of sp³-hybridized carbons (Fsp3) is 0.429. The van der Waals surface area contributed by atoms with Gasteiger partial charge in [0, 0.05) is 13.1 Å². The van der Waals surface area contributed by atoms with E-state index < -0.39 is 10.0 Å².